The summed E-state index contributed by atoms with van der Waals surface area (Å²) in [5.74, 6) is 0. The van der Waals surface area contributed by atoms with Gasteiger partial charge in [0.05, 0.1) is 11.2 Å². The summed E-state index contributed by atoms with van der Waals surface area (Å²) in [6, 6.07) is 2.38. The van der Waals surface area contributed by atoms with E-state index in [1.165, 1.54) is 12.3 Å². The largest absolute Gasteiger partial charge is 0.326 e. The zero-order valence-corrected chi connectivity index (χ0v) is 13.4. The summed E-state index contributed by atoms with van der Waals surface area (Å²) in [5, 5.41) is 6.75. The summed E-state index contributed by atoms with van der Waals surface area (Å²) in [4.78, 5) is -0.0903. The molecule has 1 unspecified atom stereocenters. The van der Waals surface area contributed by atoms with E-state index in [9.17, 15) is 8.42 Å². The molecule has 1 heterocycles. The van der Waals surface area contributed by atoms with Gasteiger partial charge in [-0.15, -0.1) is 0 Å². The van der Waals surface area contributed by atoms with Crippen molar-refractivity contribution in [2.75, 3.05) is 0 Å². The molecule has 0 saturated heterocycles. The first-order valence-electron chi connectivity index (χ1n) is 6.04. The van der Waals surface area contributed by atoms with E-state index in [-0.39, 0.29) is 21.5 Å². The fraction of sp³-hybridized carbons (Fsp3) is 0.250. The van der Waals surface area contributed by atoms with Crippen molar-refractivity contribution in [3.63, 3.8) is 0 Å². The number of benzene rings is 1. The summed E-state index contributed by atoms with van der Waals surface area (Å²) < 4.78 is 27.4. The van der Waals surface area contributed by atoms with Crippen molar-refractivity contribution in [2.45, 2.75) is 24.4 Å². The van der Waals surface area contributed by atoms with Gasteiger partial charge in [0.1, 0.15) is 4.90 Å². The van der Waals surface area contributed by atoms with Crippen molar-refractivity contribution < 1.29 is 8.42 Å². The highest BCUT2D eigenvalue weighted by molar-refractivity contribution is 7.89. The molecule has 1 atom stereocenters. The Bertz CT molecular complexity index is 732. The predicted octanol–water partition coefficient (Wildman–Crippen LogP) is 2.21. The Hall–Kier alpha value is -1.12. The fourth-order valence-electron chi connectivity index (χ4n) is 1.82. The van der Waals surface area contributed by atoms with Crippen LogP contribution in [0.25, 0.3) is 0 Å². The maximum Gasteiger partial charge on any atom is 0.242 e. The first-order valence-corrected chi connectivity index (χ1v) is 8.28. The number of sulfonamides is 1. The molecule has 1 aromatic carbocycles. The van der Waals surface area contributed by atoms with E-state index < -0.39 is 16.1 Å². The van der Waals surface area contributed by atoms with Crippen LogP contribution in [-0.2, 0) is 16.6 Å². The van der Waals surface area contributed by atoms with E-state index >= 15 is 0 Å². The number of halogens is 2. The Morgan fingerprint density at radius 2 is 2.14 bits per heavy atom. The van der Waals surface area contributed by atoms with Crippen LogP contribution in [-0.4, -0.2) is 18.6 Å². The SMILES string of the molecule is CC(NS(=O)(=O)c1cc(Cl)cc(CN)c1Cl)c1cn[nH]c1. The van der Waals surface area contributed by atoms with E-state index in [4.69, 9.17) is 28.9 Å². The van der Waals surface area contributed by atoms with Crippen LogP contribution in [0.5, 0.6) is 0 Å². The molecule has 4 N–H and O–H groups in total. The van der Waals surface area contributed by atoms with E-state index in [0.717, 1.165) is 0 Å². The second kappa shape index (κ2) is 6.33. The molecule has 2 rings (SSSR count). The molecule has 0 bridgehead atoms. The number of H-pyrrole nitrogens is 1. The van der Waals surface area contributed by atoms with Gasteiger partial charge in [0, 0.05) is 29.4 Å². The number of nitrogens with two attached hydrogens (primary N) is 1. The lowest BCUT2D eigenvalue weighted by atomic mass is 10.2. The van der Waals surface area contributed by atoms with Gasteiger partial charge in [-0.3, -0.25) is 5.10 Å². The maximum absolute atomic E-state index is 12.5. The van der Waals surface area contributed by atoms with Crippen LogP contribution in [0.4, 0.5) is 0 Å². The van der Waals surface area contributed by atoms with Crippen LogP contribution >= 0.6 is 23.2 Å². The van der Waals surface area contributed by atoms with Crippen molar-refractivity contribution >= 4 is 33.2 Å². The van der Waals surface area contributed by atoms with Gasteiger partial charge in [-0.25, -0.2) is 13.1 Å². The predicted molar refractivity (Wildman–Crippen MR) is 81.7 cm³/mol. The van der Waals surface area contributed by atoms with Crippen LogP contribution in [0.3, 0.4) is 0 Å². The number of aromatic nitrogens is 2. The minimum absolute atomic E-state index is 0.0776. The van der Waals surface area contributed by atoms with Gasteiger partial charge in [-0.2, -0.15) is 5.10 Å². The summed E-state index contributed by atoms with van der Waals surface area (Å²) in [5.41, 5.74) is 6.72. The Morgan fingerprint density at radius 1 is 1.43 bits per heavy atom. The Morgan fingerprint density at radius 3 is 2.71 bits per heavy atom. The zero-order chi connectivity index (χ0) is 15.6. The average molecular weight is 349 g/mol. The number of hydrogen-bond donors (Lipinski definition) is 3. The van der Waals surface area contributed by atoms with Crippen LogP contribution < -0.4 is 10.5 Å². The quantitative estimate of drug-likeness (QED) is 0.770. The first-order chi connectivity index (χ1) is 9.85. The Labute approximate surface area is 132 Å². The lowest BCUT2D eigenvalue weighted by molar-refractivity contribution is 0.567. The van der Waals surface area contributed by atoms with Gasteiger partial charge in [0.15, 0.2) is 0 Å². The molecule has 0 aliphatic rings. The number of hydrogen-bond acceptors (Lipinski definition) is 4. The highest BCUT2D eigenvalue weighted by atomic mass is 35.5. The van der Waals surface area contributed by atoms with Crippen molar-refractivity contribution in [3.05, 3.63) is 45.7 Å². The highest BCUT2D eigenvalue weighted by Gasteiger charge is 2.23. The number of aromatic amines is 1. The second-order valence-corrected chi connectivity index (χ2v) is 6.95. The smallest absolute Gasteiger partial charge is 0.242 e. The van der Waals surface area contributed by atoms with Gasteiger partial charge in [-0.1, -0.05) is 23.2 Å². The van der Waals surface area contributed by atoms with E-state index in [2.05, 4.69) is 14.9 Å². The van der Waals surface area contributed by atoms with Gasteiger partial charge < -0.3 is 5.73 Å². The van der Waals surface area contributed by atoms with Crippen molar-refractivity contribution in [3.8, 4) is 0 Å². The monoisotopic (exact) mass is 348 g/mol. The van der Waals surface area contributed by atoms with Crippen LogP contribution in [0.15, 0.2) is 29.4 Å². The third-order valence-corrected chi connectivity index (χ3v) is 5.28. The summed E-state index contributed by atoms with van der Waals surface area (Å²) in [7, 11) is -3.83. The Kier molecular flexibility index (Phi) is 4.90. The molecular formula is C12H14Cl2N4O2S. The number of nitrogens with zero attached hydrogens (tertiary/aromatic N) is 1. The molecule has 1 aromatic heterocycles. The summed E-state index contributed by atoms with van der Waals surface area (Å²) >= 11 is 12.0. The molecule has 0 radical (unpaired) electrons. The van der Waals surface area contributed by atoms with E-state index in [1.807, 2.05) is 0 Å². The van der Waals surface area contributed by atoms with Crippen molar-refractivity contribution in [1.82, 2.24) is 14.9 Å². The molecule has 114 valence electrons. The molecule has 0 aliphatic carbocycles. The molecular weight excluding hydrogens is 335 g/mol. The first kappa shape index (κ1) is 16.3. The third-order valence-electron chi connectivity index (χ3n) is 2.94. The summed E-state index contributed by atoms with van der Waals surface area (Å²) in [6.07, 6.45) is 3.15. The van der Waals surface area contributed by atoms with Crippen LogP contribution in [0.2, 0.25) is 10.0 Å². The molecule has 21 heavy (non-hydrogen) atoms. The van der Waals surface area contributed by atoms with Crippen molar-refractivity contribution in [2.24, 2.45) is 5.73 Å². The molecule has 0 spiro atoms. The maximum atomic E-state index is 12.5. The molecule has 0 aliphatic heterocycles. The summed E-state index contributed by atoms with van der Waals surface area (Å²) in [6.45, 7) is 1.80. The number of nitrogens with one attached hydrogen (secondary N) is 2. The molecule has 9 heteroatoms. The number of rotatable bonds is 5. The second-order valence-electron chi connectivity index (χ2n) is 4.46. The lowest BCUT2D eigenvalue weighted by Gasteiger charge is -2.15. The topological polar surface area (TPSA) is 101 Å². The minimum atomic E-state index is -3.83. The molecule has 0 amide bonds. The molecule has 0 saturated carbocycles. The van der Waals surface area contributed by atoms with Gasteiger partial charge >= 0.3 is 0 Å². The Balaban J connectivity index is 2.38. The third kappa shape index (κ3) is 3.56. The zero-order valence-electron chi connectivity index (χ0n) is 11.1. The van der Waals surface area contributed by atoms with Gasteiger partial charge in [-0.05, 0) is 24.6 Å². The normalized spacial score (nSPS) is 13.3. The molecule has 6 nitrogen and oxygen atoms in total. The lowest BCUT2D eigenvalue weighted by Crippen LogP contribution is -2.27. The fourth-order valence-corrected chi connectivity index (χ4v) is 4.00. The van der Waals surface area contributed by atoms with E-state index in [1.54, 1.807) is 19.2 Å². The van der Waals surface area contributed by atoms with Crippen LogP contribution in [0, 0.1) is 0 Å². The molecule has 0 fully saturated rings. The molecule has 2 aromatic rings. The average Bonchev–Trinajstić information content (AvgIpc) is 2.94. The standard InChI is InChI=1S/C12H14Cl2N4O2S/c1-7(9-5-16-17-6-9)18-21(19,20)11-3-10(13)2-8(4-15)12(11)14/h2-3,5-7,18H,4,15H2,1H3,(H,16,17). The minimum Gasteiger partial charge on any atom is -0.326 e. The van der Waals surface area contributed by atoms with E-state index in [0.29, 0.717) is 11.1 Å². The highest BCUT2D eigenvalue weighted by Crippen LogP contribution is 2.30. The van der Waals surface area contributed by atoms with Crippen molar-refractivity contribution in [1.29, 1.82) is 0 Å². The van der Waals surface area contributed by atoms with Gasteiger partial charge in [0.2, 0.25) is 10.0 Å². The van der Waals surface area contributed by atoms with Crippen LogP contribution in [0.1, 0.15) is 24.1 Å². The van der Waals surface area contributed by atoms with Gasteiger partial charge in [0.25, 0.3) is 0 Å².